The number of nitrogens with one attached hydrogen (secondary N) is 3. The Kier molecular flexibility index (Phi) is 3.96. The second-order valence-electron chi connectivity index (χ2n) is 5.74. The number of hydrogen-bond acceptors (Lipinski definition) is 7. The maximum Gasteiger partial charge on any atom is 0.197 e. The van der Waals surface area contributed by atoms with Crippen LogP contribution in [0.4, 0.5) is 5.82 Å². The van der Waals surface area contributed by atoms with Gasteiger partial charge in [-0.3, -0.25) is 5.10 Å². The van der Waals surface area contributed by atoms with Crippen molar-refractivity contribution >= 4 is 5.82 Å². The van der Waals surface area contributed by atoms with Gasteiger partial charge in [0.05, 0.1) is 18.5 Å². The first-order chi connectivity index (χ1) is 11.8. The molecule has 0 radical (unpaired) electrons. The van der Waals surface area contributed by atoms with E-state index in [0.29, 0.717) is 24.0 Å². The van der Waals surface area contributed by atoms with Crippen molar-refractivity contribution in [1.82, 2.24) is 30.5 Å². The average Bonchev–Trinajstić information content (AvgIpc) is 3.20. The molecule has 4 heterocycles. The third kappa shape index (κ3) is 3.00. The lowest BCUT2D eigenvalue weighted by atomic mass is 10.1. The first-order valence-corrected chi connectivity index (χ1v) is 8.06. The number of aromatic nitrogens is 5. The average molecular weight is 325 g/mol. The highest BCUT2D eigenvalue weighted by Gasteiger charge is 2.18. The molecule has 8 heteroatoms. The molecule has 0 saturated heterocycles. The molecule has 3 aromatic rings. The number of furan rings is 1. The molecule has 0 saturated carbocycles. The third-order valence-electron chi connectivity index (χ3n) is 3.98. The lowest BCUT2D eigenvalue weighted by Gasteiger charge is -2.13. The van der Waals surface area contributed by atoms with Crippen LogP contribution in [0.25, 0.3) is 11.6 Å². The lowest BCUT2D eigenvalue weighted by Crippen LogP contribution is -2.16. The fourth-order valence-corrected chi connectivity index (χ4v) is 2.84. The van der Waals surface area contributed by atoms with E-state index >= 15 is 0 Å². The van der Waals surface area contributed by atoms with Gasteiger partial charge >= 0.3 is 0 Å². The fraction of sp³-hybridized carbons (Fsp3) is 0.375. The van der Waals surface area contributed by atoms with Crippen LogP contribution in [0.15, 0.2) is 22.8 Å². The molecular formula is C16H19N7O. The second kappa shape index (κ2) is 6.40. The van der Waals surface area contributed by atoms with E-state index in [1.54, 1.807) is 6.26 Å². The highest BCUT2D eigenvalue weighted by Crippen LogP contribution is 2.25. The predicted octanol–water partition coefficient (Wildman–Crippen LogP) is 1.46. The third-order valence-corrected chi connectivity index (χ3v) is 3.98. The molecule has 4 rings (SSSR count). The summed E-state index contributed by atoms with van der Waals surface area (Å²) in [7, 11) is 0. The summed E-state index contributed by atoms with van der Waals surface area (Å²) >= 11 is 0. The van der Waals surface area contributed by atoms with E-state index in [1.807, 2.05) is 19.1 Å². The summed E-state index contributed by atoms with van der Waals surface area (Å²) in [5.41, 5.74) is 2.22. The van der Waals surface area contributed by atoms with Gasteiger partial charge in [-0.05, 0) is 32.0 Å². The van der Waals surface area contributed by atoms with Gasteiger partial charge in [-0.15, -0.1) is 0 Å². The molecule has 0 aliphatic carbocycles. The summed E-state index contributed by atoms with van der Waals surface area (Å²) in [6.07, 6.45) is 3.40. The Hall–Kier alpha value is -2.74. The van der Waals surface area contributed by atoms with Gasteiger partial charge in [-0.2, -0.15) is 5.10 Å². The van der Waals surface area contributed by atoms with Gasteiger partial charge in [0.15, 0.2) is 17.4 Å². The zero-order valence-corrected chi connectivity index (χ0v) is 13.5. The topological polar surface area (TPSA) is 105 Å². The van der Waals surface area contributed by atoms with Gasteiger partial charge in [0.25, 0.3) is 0 Å². The zero-order valence-electron chi connectivity index (χ0n) is 13.5. The Morgan fingerprint density at radius 3 is 2.92 bits per heavy atom. The molecule has 3 N–H and O–H groups in total. The van der Waals surface area contributed by atoms with Crippen LogP contribution in [0.2, 0.25) is 0 Å². The summed E-state index contributed by atoms with van der Waals surface area (Å²) < 4.78 is 5.46. The van der Waals surface area contributed by atoms with Crippen LogP contribution in [0.5, 0.6) is 0 Å². The molecule has 1 aliphatic heterocycles. The number of aryl methyl sites for hydroxylation is 1. The second-order valence-corrected chi connectivity index (χ2v) is 5.74. The number of rotatable bonds is 4. The molecule has 124 valence electrons. The maximum absolute atomic E-state index is 5.46. The number of aromatic amines is 1. The number of H-pyrrole nitrogens is 1. The van der Waals surface area contributed by atoms with Crippen molar-refractivity contribution in [3.05, 3.63) is 41.3 Å². The molecule has 3 aromatic heterocycles. The highest BCUT2D eigenvalue weighted by molar-refractivity contribution is 5.56. The van der Waals surface area contributed by atoms with Crippen molar-refractivity contribution in [3.63, 3.8) is 0 Å². The van der Waals surface area contributed by atoms with Crippen LogP contribution in [-0.2, 0) is 19.4 Å². The number of hydrogen-bond donors (Lipinski definition) is 3. The van der Waals surface area contributed by atoms with Crippen molar-refractivity contribution in [2.45, 2.75) is 26.3 Å². The van der Waals surface area contributed by atoms with Crippen molar-refractivity contribution in [1.29, 1.82) is 0 Å². The molecular weight excluding hydrogens is 306 g/mol. The number of anilines is 1. The van der Waals surface area contributed by atoms with Crippen LogP contribution >= 0.6 is 0 Å². The molecule has 0 atom stereocenters. The van der Waals surface area contributed by atoms with E-state index in [1.165, 1.54) is 0 Å². The highest BCUT2D eigenvalue weighted by atomic mass is 16.3. The molecule has 1 aliphatic rings. The summed E-state index contributed by atoms with van der Waals surface area (Å²) in [6.45, 7) is 4.23. The zero-order chi connectivity index (χ0) is 16.4. The largest absolute Gasteiger partial charge is 0.461 e. The van der Waals surface area contributed by atoms with E-state index in [9.17, 15) is 0 Å². The Labute approximate surface area is 139 Å². The fourth-order valence-electron chi connectivity index (χ4n) is 2.84. The van der Waals surface area contributed by atoms with E-state index < -0.39 is 0 Å². The minimum absolute atomic E-state index is 0.513. The Morgan fingerprint density at radius 2 is 2.12 bits per heavy atom. The van der Waals surface area contributed by atoms with E-state index in [0.717, 1.165) is 48.8 Å². The first kappa shape index (κ1) is 14.8. The first-order valence-electron chi connectivity index (χ1n) is 8.06. The molecule has 0 spiro atoms. The quantitative estimate of drug-likeness (QED) is 0.667. The summed E-state index contributed by atoms with van der Waals surface area (Å²) in [5, 5.41) is 13.8. The minimum atomic E-state index is 0.513. The Bertz CT molecular complexity index is 825. The van der Waals surface area contributed by atoms with Crippen molar-refractivity contribution in [2.24, 2.45) is 0 Å². The summed E-state index contributed by atoms with van der Waals surface area (Å²) in [5.74, 6) is 3.62. The lowest BCUT2D eigenvalue weighted by molar-refractivity contribution is 0.576. The summed E-state index contributed by atoms with van der Waals surface area (Å²) in [4.78, 5) is 13.7. The SMILES string of the molecule is Cc1nc(CNc2nc(-c3ccco3)nc3c2CCNCC3)n[nH]1. The maximum atomic E-state index is 5.46. The Balaban J connectivity index is 1.68. The van der Waals surface area contributed by atoms with Gasteiger partial charge < -0.3 is 15.1 Å². The molecule has 0 unspecified atom stereocenters. The van der Waals surface area contributed by atoms with E-state index in [4.69, 9.17) is 9.40 Å². The molecule has 8 nitrogen and oxygen atoms in total. The van der Waals surface area contributed by atoms with E-state index in [2.05, 4.69) is 30.8 Å². The molecule has 0 amide bonds. The van der Waals surface area contributed by atoms with Crippen molar-refractivity contribution in [2.75, 3.05) is 18.4 Å². The van der Waals surface area contributed by atoms with Gasteiger partial charge in [0.2, 0.25) is 0 Å². The van der Waals surface area contributed by atoms with Crippen LogP contribution in [0.3, 0.4) is 0 Å². The van der Waals surface area contributed by atoms with Crippen LogP contribution in [0.1, 0.15) is 22.9 Å². The number of nitrogens with zero attached hydrogens (tertiary/aromatic N) is 4. The number of fused-ring (bicyclic) bond motifs is 1. The molecule has 0 fully saturated rings. The van der Waals surface area contributed by atoms with Crippen molar-refractivity contribution < 1.29 is 4.42 Å². The molecule has 0 aromatic carbocycles. The molecule has 24 heavy (non-hydrogen) atoms. The van der Waals surface area contributed by atoms with E-state index in [-0.39, 0.29) is 0 Å². The van der Waals surface area contributed by atoms with Gasteiger partial charge in [-0.25, -0.2) is 15.0 Å². The minimum Gasteiger partial charge on any atom is -0.461 e. The Morgan fingerprint density at radius 1 is 1.21 bits per heavy atom. The normalized spacial score (nSPS) is 14.2. The van der Waals surface area contributed by atoms with Crippen molar-refractivity contribution in [3.8, 4) is 11.6 Å². The smallest absolute Gasteiger partial charge is 0.197 e. The van der Waals surface area contributed by atoms with Gasteiger partial charge in [0, 0.05) is 18.5 Å². The molecule has 0 bridgehead atoms. The van der Waals surface area contributed by atoms with Crippen LogP contribution < -0.4 is 10.6 Å². The predicted molar refractivity (Wildman–Crippen MR) is 88.5 cm³/mol. The van der Waals surface area contributed by atoms with Gasteiger partial charge in [0.1, 0.15) is 11.6 Å². The standard InChI is InChI=1S/C16H19N7O/c1-10-19-14(23-22-10)9-18-15-11-4-6-17-7-5-12(11)20-16(21-15)13-3-2-8-24-13/h2-3,8,17H,4-7,9H2,1H3,(H,18,20,21)(H,19,22,23). The summed E-state index contributed by atoms with van der Waals surface area (Å²) in [6, 6.07) is 3.72. The van der Waals surface area contributed by atoms with Crippen LogP contribution in [-0.4, -0.2) is 38.2 Å². The van der Waals surface area contributed by atoms with Gasteiger partial charge in [-0.1, -0.05) is 0 Å². The monoisotopic (exact) mass is 325 g/mol. The van der Waals surface area contributed by atoms with Crippen LogP contribution in [0, 0.1) is 6.92 Å².